The molecule has 5 heteroatoms. The van der Waals surface area contributed by atoms with Crippen molar-refractivity contribution in [2.75, 3.05) is 13.2 Å². The van der Waals surface area contributed by atoms with Crippen molar-refractivity contribution in [1.29, 1.82) is 0 Å². The zero-order chi connectivity index (χ0) is 16.3. The van der Waals surface area contributed by atoms with Crippen LogP contribution in [0, 0.1) is 0 Å². The minimum Gasteiger partial charge on any atom is -0.489 e. The summed E-state index contributed by atoms with van der Waals surface area (Å²) in [7, 11) is 0. The van der Waals surface area contributed by atoms with Crippen molar-refractivity contribution >= 4 is 6.03 Å². The van der Waals surface area contributed by atoms with Gasteiger partial charge in [0.1, 0.15) is 12.4 Å². The number of rotatable bonds is 8. The Morgan fingerprint density at radius 2 is 1.65 bits per heavy atom. The molecule has 2 amide bonds. The molecule has 2 rings (SSSR count). The van der Waals surface area contributed by atoms with Gasteiger partial charge in [0.25, 0.3) is 0 Å². The maximum absolute atomic E-state index is 11.5. The zero-order valence-electron chi connectivity index (χ0n) is 13.0. The highest BCUT2D eigenvalue weighted by atomic mass is 16.5. The molecule has 0 saturated heterocycles. The standard InChI is InChI=1S/C18H22N2O3/c21-12-4-11-19-18(22)20-13-15-7-9-16(10-8-15)14-23-17-5-2-1-3-6-17/h1-3,5-10,21H,4,11-14H2,(H2,19,20,22). The van der Waals surface area contributed by atoms with E-state index in [0.29, 0.717) is 26.1 Å². The van der Waals surface area contributed by atoms with Crippen LogP contribution in [0.3, 0.4) is 0 Å². The monoisotopic (exact) mass is 314 g/mol. The fourth-order valence-corrected chi connectivity index (χ4v) is 1.96. The molecule has 0 aliphatic rings. The van der Waals surface area contributed by atoms with Crippen LogP contribution in [0.2, 0.25) is 0 Å². The molecular formula is C18H22N2O3. The molecule has 2 aromatic rings. The van der Waals surface area contributed by atoms with Crippen molar-refractivity contribution in [2.45, 2.75) is 19.6 Å². The van der Waals surface area contributed by atoms with E-state index in [1.807, 2.05) is 54.6 Å². The van der Waals surface area contributed by atoms with Crippen molar-refractivity contribution in [3.05, 3.63) is 65.7 Å². The van der Waals surface area contributed by atoms with E-state index in [1.54, 1.807) is 0 Å². The molecule has 3 N–H and O–H groups in total. The van der Waals surface area contributed by atoms with Gasteiger partial charge in [0.2, 0.25) is 0 Å². The van der Waals surface area contributed by atoms with Gasteiger partial charge in [0, 0.05) is 19.7 Å². The lowest BCUT2D eigenvalue weighted by Crippen LogP contribution is -2.35. The van der Waals surface area contributed by atoms with Crippen LogP contribution in [0.1, 0.15) is 17.5 Å². The average Bonchev–Trinajstić information content (AvgIpc) is 2.60. The van der Waals surface area contributed by atoms with Gasteiger partial charge in [-0.15, -0.1) is 0 Å². The number of amides is 2. The Bertz CT molecular complexity index is 585. The number of hydrogen-bond donors (Lipinski definition) is 3. The molecule has 0 atom stereocenters. The Morgan fingerprint density at radius 3 is 2.35 bits per heavy atom. The maximum Gasteiger partial charge on any atom is 0.315 e. The molecule has 0 radical (unpaired) electrons. The van der Waals surface area contributed by atoms with Crippen molar-refractivity contribution in [3.8, 4) is 5.75 Å². The molecule has 0 spiro atoms. The lowest BCUT2D eigenvalue weighted by molar-refractivity contribution is 0.237. The maximum atomic E-state index is 11.5. The van der Waals surface area contributed by atoms with Crippen LogP contribution in [0.4, 0.5) is 4.79 Å². The highest BCUT2D eigenvalue weighted by molar-refractivity contribution is 5.73. The SMILES string of the molecule is O=C(NCCCO)NCc1ccc(COc2ccccc2)cc1. The van der Waals surface area contributed by atoms with E-state index in [1.165, 1.54) is 0 Å². The van der Waals surface area contributed by atoms with E-state index in [4.69, 9.17) is 9.84 Å². The van der Waals surface area contributed by atoms with Crippen LogP contribution in [-0.2, 0) is 13.2 Å². The number of carbonyl (C=O) groups is 1. The van der Waals surface area contributed by atoms with E-state index in [2.05, 4.69) is 10.6 Å². The molecular weight excluding hydrogens is 292 g/mol. The Hall–Kier alpha value is -2.53. The summed E-state index contributed by atoms with van der Waals surface area (Å²) in [6.07, 6.45) is 0.559. The molecule has 0 heterocycles. The Balaban J connectivity index is 1.72. The Labute approximate surface area is 136 Å². The van der Waals surface area contributed by atoms with Crippen LogP contribution in [0.25, 0.3) is 0 Å². The van der Waals surface area contributed by atoms with Gasteiger partial charge < -0.3 is 20.5 Å². The summed E-state index contributed by atoms with van der Waals surface area (Å²) >= 11 is 0. The number of benzene rings is 2. The van der Waals surface area contributed by atoms with Crippen molar-refractivity contribution in [2.24, 2.45) is 0 Å². The van der Waals surface area contributed by atoms with Gasteiger partial charge in [-0.25, -0.2) is 4.79 Å². The quantitative estimate of drug-likeness (QED) is 0.656. The Kier molecular flexibility index (Phi) is 6.94. The number of hydrogen-bond acceptors (Lipinski definition) is 3. The smallest absolute Gasteiger partial charge is 0.315 e. The summed E-state index contributed by atoms with van der Waals surface area (Å²) in [4.78, 5) is 11.5. The third-order valence-corrected chi connectivity index (χ3v) is 3.25. The van der Waals surface area contributed by atoms with Crippen LogP contribution in [0.15, 0.2) is 54.6 Å². The lowest BCUT2D eigenvalue weighted by atomic mass is 10.1. The first-order chi connectivity index (χ1) is 11.3. The summed E-state index contributed by atoms with van der Waals surface area (Å²) in [5, 5.41) is 14.1. The molecule has 122 valence electrons. The van der Waals surface area contributed by atoms with Crippen molar-refractivity contribution in [3.63, 3.8) is 0 Å². The number of para-hydroxylation sites is 1. The summed E-state index contributed by atoms with van der Waals surface area (Å²) in [5.41, 5.74) is 2.09. The van der Waals surface area contributed by atoms with Crippen molar-refractivity contribution in [1.82, 2.24) is 10.6 Å². The van der Waals surface area contributed by atoms with Gasteiger partial charge in [0.05, 0.1) is 0 Å². The first-order valence-corrected chi connectivity index (χ1v) is 7.66. The molecule has 0 saturated carbocycles. The topological polar surface area (TPSA) is 70.6 Å². The van der Waals surface area contributed by atoms with E-state index >= 15 is 0 Å². The summed E-state index contributed by atoms with van der Waals surface area (Å²) in [6, 6.07) is 17.4. The fourth-order valence-electron chi connectivity index (χ4n) is 1.96. The molecule has 0 fully saturated rings. The van der Waals surface area contributed by atoms with Crippen LogP contribution >= 0.6 is 0 Å². The minimum atomic E-state index is -0.227. The van der Waals surface area contributed by atoms with Crippen LogP contribution in [-0.4, -0.2) is 24.3 Å². The number of nitrogens with one attached hydrogen (secondary N) is 2. The predicted molar refractivity (Wildman–Crippen MR) is 89.2 cm³/mol. The van der Waals surface area contributed by atoms with Gasteiger partial charge >= 0.3 is 6.03 Å². The second-order valence-electron chi connectivity index (χ2n) is 5.10. The first-order valence-electron chi connectivity index (χ1n) is 7.66. The minimum absolute atomic E-state index is 0.0762. The van der Waals surface area contributed by atoms with Crippen LogP contribution < -0.4 is 15.4 Å². The second kappa shape index (κ2) is 9.48. The summed E-state index contributed by atoms with van der Waals surface area (Å²) in [5.74, 6) is 0.845. The van der Waals surface area contributed by atoms with Gasteiger partial charge in [0.15, 0.2) is 0 Å². The molecule has 5 nitrogen and oxygen atoms in total. The molecule has 0 aliphatic carbocycles. The number of aliphatic hydroxyl groups excluding tert-OH is 1. The van der Waals surface area contributed by atoms with Gasteiger partial charge in [-0.1, -0.05) is 42.5 Å². The number of ether oxygens (including phenoxy) is 1. The third-order valence-electron chi connectivity index (χ3n) is 3.25. The number of aliphatic hydroxyl groups is 1. The van der Waals surface area contributed by atoms with E-state index < -0.39 is 0 Å². The predicted octanol–water partition coefficient (Wildman–Crippen LogP) is 2.45. The van der Waals surface area contributed by atoms with Gasteiger partial charge in [-0.2, -0.15) is 0 Å². The molecule has 2 aromatic carbocycles. The first kappa shape index (κ1) is 16.8. The molecule has 23 heavy (non-hydrogen) atoms. The molecule has 0 bridgehead atoms. The van der Waals surface area contributed by atoms with Crippen molar-refractivity contribution < 1.29 is 14.6 Å². The zero-order valence-corrected chi connectivity index (χ0v) is 13.0. The van der Waals surface area contributed by atoms with E-state index in [9.17, 15) is 4.79 Å². The summed E-state index contributed by atoms with van der Waals surface area (Å²) in [6.45, 7) is 1.52. The summed E-state index contributed by atoms with van der Waals surface area (Å²) < 4.78 is 5.68. The normalized spacial score (nSPS) is 10.1. The highest BCUT2D eigenvalue weighted by Gasteiger charge is 2.00. The van der Waals surface area contributed by atoms with E-state index in [0.717, 1.165) is 16.9 Å². The fraction of sp³-hybridized carbons (Fsp3) is 0.278. The molecule has 0 aromatic heterocycles. The average molecular weight is 314 g/mol. The van der Waals surface area contributed by atoms with Gasteiger partial charge in [-0.3, -0.25) is 0 Å². The molecule has 0 unspecified atom stereocenters. The van der Waals surface area contributed by atoms with E-state index in [-0.39, 0.29) is 12.6 Å². The van der Waals surface area contributed by atoms with Crippen LogP contribution in [0.5, 0.6) is 5.75 Å². The lowest BCUT2D eigenvalue weighted by Gasteiger charge is -2.09. The Morgan fingerprint density at radius 1 is 0.957 bits per heavy atom. The number of carbonyl (C=O) groups excluding carboxylic acids is 1. The largest absolute Gasteiger partial charge is 0.489 e. The van der Waals surface area contributed by atoms with Gasteiger partial charge in [-0.05, 0) is 29.7 Å². The molecule has 0 aliphatic heterocycles. The highest BCUT2D eigenvalue weighted by Crippen LogP contribution is 2.12. The number of urea groups is 1. The second-order valence-corrected chi connectivity index (χ2v) is 5.10. The third kappa shape index (κ3) is 6.40.